The Balaban J connectivity index is 1.84. The van der Waals surface area contributed by atoms with E-state index in [9.17, 15) is 9.18 Å². The molecule has 0 aliphatic rings. The number of amides is 1. The molecule has 0 atom stereocenters. The van der Waals surface area contributed by atoms with E-state index in [1.807, 2.05) is 25.1 Å². The Bertz CT molecular complexity index is 646. The number of nitrogens with one attached hydrogen (secondary N) is 1. The van der Waals surface area contributed by atoms with Gasteiger partial charge in [-0.2, -0.15) is 0 Å². The van der Waals surface area contributed by atoms with Gasteiger partial charge in [0, 0.05) is 5.75 Å². The third-order valence-electron chi connectivity index (χ3n) is 2.87. The maximum absolute atomic E-state index is 13.1. The van der Waals surface area contributed by atoms with Crippen molar-refractivity contribution in [2.24, 2.45) is 0 Å². The van der Waals surface area contributed by atoms with Crippen molar-refractivity contribution >= 4 is 29.0 Å². The molecule has 0 radical (unpaired) electrons. The maximum Gasteiger partial charge on any atom is 0.234 e. The second kappa shape index (κ2) is 7.13. The number of nitrogen functional groups attached to an aromatic ring is 1. The number of rotatable bonds is 5. The molecule has 0 aromatic heterocycles. The number of hydrogen-bond donors (Lipinski definition) is 2. The minimum absolute atomic E-state index is 0.190. The average Bonchev–Trinajstić information content (AvgIpc) is 2.43. The fourth-order valence-electron chi connectivity index (χ4n) is 1.89. The van der Waals surface area contributed by atoms with Gasteiger partial charge >= 0.3 is 0 Å². The minimum Gasteiger partial charge on any atom is -0.397 e. The molecule has 110 valence electrons. The lowest BCUT2D eigenvalue weighted by Gasteiger charge is -2.08. The minimum atomic E-state index is -0.424. The van der Waals surface area contributed by atoms with Crippen molar-refractivity contribution in [2.45, 2.75) is 12.7 Å². The van der Waals surface area contributed by atoms with Crippen LogP contribution in [0.2, 0.25) is 0 Å². The summed E-state index contributed by atoms with van der Waals surface area (Å²) in [6.07, 6.45) is 0. The summed E-state index contributed by atoms with van der Waals surface area (Å²) in [7, 11) is 0. The van der Waals surface area contributed by atoms with Gasteiger partial charge in [0.15, 0.2) is 0 Å². The van der Waals surface area contributed by atoms with E-state index in [-0.39, 0.29) is 5.91 Å². The zero-order chi connectivity index (χ0) is 15.2. The van der Waals surface area contributed by atoms with Gasteiger partial charge in [-0.25, -0.2) is 4.39 Å². The lowest BCUT2D eigenvalue weighted by atomic mass is 10.2. The highest BCUT2D eigenvalue weighted by molar-refractivity contribution is 7.99. The summed E-state index contributed by atoms with van der Waals surface area (Å²) in [6, 6.07) is 12.1. The number of hydrogen-bond acceptors (Lipinski definition) is 3. The van der Waals surface area contributed by atoms with Gasteiger partial charge in [-0.15, -0.1) is 11.8 Å². The van der Waals surface area contributed by atoms with Crippen molar-refractivity contribution in [1.82, 2.24) is 0 Å². The van der Waals surface area contributed by atoms with Gasteiger partial charge in [0.05, 0.1) is 17.1 Å². The molecule has 21 heavy (non-hydrogen) atoms. The molecule has 3 N–H and O–H groups in total. The molecule has 0 saturated carbocycles. The number of thioether (sulfide) groups is 1. The standard InChI is InChI=1S/C16H17FN2OS/c1-11-3-2-4-12(7-11)9-21-10-16(20)19-15-8-13(17)5-6-14(15)18/h2-8H,9-10,18H2,1H3,(H,19,20). The van der Waals surface area contributed by atoms with Gasteiger partial charge in [-0.1, -0.05) is 29.8 Å². The predicted molar refractivity (Wildman–Crippen MR) is 86.8 cm³/mol. The normalized spacial score (nSPS) is 10.4. The first kappa shape index (κ1) is 15.4. The first-order valence-electron chi connectivity index (χ1n) is 6.53. The van der Waals surface area contributed by atoms with Gasteiger partial charge in [-0.3, -0.25) is 4.79 Å². The highest BCUT2D eigenvalue weighted by Gasteiger charge is 2.07. The molecule has 0 aliphatic heterocycles. The average molecular weight is 304 g/mol. The summed E-state index contributed by atoms with van der Waals surface area (Å²) >= 11 is 1.51. The van der Waals surface area contributed by atoms with Gasteiger partial charge in [0.25, 0.3) is 0 Å². The Morgan fingerprint density at radius 3 is 2.86 bits per heavy atom. The van der Waals surface area contributed by atoms with E-state index in [2.05, 4.69) is 11.4 Å². The van der Waals surface area contributed by atoms with E-state index >= 15 is 0 Å². The first-order chi connectivity index (χ1) is 10.0. The van der Waals surface area contributed by atoms with Crippen LogP contribution in [0.5, 0.6) is 0 Å². The molecule has 0 aliphatic carbocycles. The van der Waals surface area contributed by atoms with Crippen LogP contribution in [0.1, 0.15) is 11.1 Å². The Hall–Kier alpha value is -2.01. The number of carbonyl (C=O) groups is 1. The number of benzene rings is 2. The molecule has 0 fully saturated rings. The highest BCUT2D eigenvalue weighted by Crippen LogP contribution is 2.20. The molecule has 1 amide bonds. The predicted octanol–water partition coefficient (Wildman–Crippen LogP) is 3.59. The number of nitrogens with two attached hydrogens (primary N) is 1. The van der Waals surface area contributed by atoms with Gasteiger partial charge in [0.2, 0.25) is 5.91 Å². The number of aryl methyl sites for hydroxylation is 1. The van der Waals surface area contributed by atoms with Crippen LogP contribution in [0.25, 0.3) is 0 Å². The fourth-order valence-corrected chi connectivity index (χ4v) is 2.66. The number of halogens is 1. The van der Waals surface area contributed by atoms with Crippen LogP contribution >= 0.6 is 11.8 Å². The Morgan fingerprint density at radius 2 is 2.10 bits per heavy atom. The molecule has 0 heterocycles. The van der Waals surface area contributed by atoms with Crippen molar-refractivity contribution in [2.75, 3.05) is 16.8 Å². The lowest BCUT2D eigenvalue weighted by molar-refractivity contribution is -0.113. The van der Waals surface area contributed by atoms with Crippen LogP contribution in [0.3, 0.4) is 0 Å². The zero-order valence-corrected chi connectivity index (χ0v) is 12.5. The number of anilines is 2. The van der Waals surface area contributed by atoms with Crippen molar-refractivity contribution < 1.29 is 9.18 Å². The molecule has 5 heteroatoms. The van der Waals surface area contributed by atoms with Gasteiger partial charge in [0.1, 0.15) is 5.82 Å². The molecule has 2 aromatic carbocycles. The Labute approximate surface area is 127 Å². The van der Waals surface area contributed by atoms with E-state index in [1.165, 1.54) is 41.1 Å². The SMILES string of the molecule is Cc1cccc(CSCC(=O)Nc2cc(F)ccc2N)c1. The van der Waals surface area contributed by atoms with Gasteiger partial charge < -0.3 is 11.1 Å². The third kappa shape index (κ3) is 4.79. The first-order valence-corrected chi connectivity index (χ1v) is 7.68. The van der Waals surface area contributed by atoms with E-state index in [0.717, 1.165) is 5.75 Å². The monoisotopic (exact) mass is 304 g/mol. The van der Waals surface area contributed by atoms with E-state index in [1.54, 1.807) is 0 Å². The second-order valence-corrected chi connectivity index (χ2v) is 5.75. The molecule has 0 bridgehead atoms. The lowest BCUT2D eigenvalue weighted by Crippen LogP contribution is -2.15. The van der Waals surface area contributed by atoms with Crippen LogP contribution < -0.4 is 11.1 Å². The molecule has 2 aromatic rings. The summed E-state index contributed by atoms with van der Waals surface area (Å²) in [4.78, 5) is 11.8. The fraction of sp³-hybridized carbons (Fsp3) is 0.188. The Kier molecular flexibility index (Phi) is 5.22. The van der Waals surface area contributed by atoms with E-state index in [4.69, 9.17) is 5.73 Å². The largest absolute Gasteiger partial charge is 0.397 e. The maximum atomic E-state index is 13.1. The smallest absolute Gasteiger partial charge is 0.234 e. The van der Waals surface area contributed by atoms with Crippen molar-refractivity contribution in [3.05, 3.63) is 59.4 Å². The molecule has 0 spiro atoms. The van der Waals surface area contributed by atoms with Crippen molar-refractivity contribution in [1.29, 1.82) is 0 Å². The van der Waals surface area contributed by atoms with Crippen molar-refractivity contribution in [3.63, 3.8) is 0 Å². The third-order valence-corrected chi connectivity index (χ3v) is 3.88. The van der Waals surface area contributed by atoms with Crippen LogP contribution in [-0.4, -0.2) is 11.7 Å². The number of carbonyl (C=O) groups excluding carboxylic acids is 1. The van der Waals surface area contributed by atoms with Crippen LogP contribution in [-0.2, 0) is 10.5 Å². The highest BCUT2D eigenvalue weighted by atomic mass is 32.2. The molecular weight excluding hydrogens is 287 g/mol. The summed E-state index contributed by atoms with van der Waals surface area (Å²) in [6.45, 7) is 2.04. The second-order valence-electron chi connectivity index (χ2n) is 4.76. The molecule has 2 rings (SSSR count). The molecule has 0 saturated heterocycles. The summed E-state index contributed by atoms with van der Waals surface area (Å²) in [5.41, 5.74) is 8.73. The topological polar surface area (TPSA) is 55.1 Å². The summed E-state index contributed by atoms with van der Waals surface area (Å²) in [5.74, 6) is 0.439. The van der Waals surface area contributed by atoms with E-state index in [0.29, 0.717) is 17.1 Å². The Morgan fingerprint density at radius 1 is 1.29 bits per heavy atom. The van der Waals surface area contributed by atoms with E-state index < -0.39 is 5.82 Å². The van der Waals surface area contributed by atoms with Crippen LogP contribution in [0, 0.1) is 12.7 Å². The summed E-state index contributed by atoms with van der Waals surface area (Å²) in [5, 5.41) is 2.62. The summed E-state index contributed by atoms with van der Waals surface area (Å²) < 4.78 is 13.1. The van der Waals surface area contributed by atoms with Crippen LogP contribution in [0.4, 0.5) is 15.8 Å². The van der Waals surface area contributed by atoms with Crippen molar-refractivity contribution in [3.8, 4) is 0 Å². The van der Waals surface area contributed by atoms with Gasteiger partial charge in [-0.05, 0) is 30.7 Å². The molecule has 0 unspecified atom stereocenters. The zero-order valence-electron chi connectivity index (χ0n) is 11.7. The van der Waals surface area contributed by atoms with Crippen LogP contribution in [0.15, 0.2) is 42.5 Å². The molecule has 3 nitrogen and oxygen atoms in total. The quantitative estimate of drug-likeness (QED) is 0.830. The molecular formula is C16H17FN2OS.